The van der Waals surface area contributed by atoms with Gasteiger partial charge in [-0.05, 0) is 18.6 Å². The van der Waals surface area contributed by atoms with Crippen LogP contribution in [0.3, 0.4) is 0 Å². The summed E-state index contributed by atoms with van der Waals surface area (Å²) in [5.74, 6) is -0.0191. The Bertz CT molecular complexity index is 371. The van der Waals surface area contributed by atoms with Crippen molar-refractivity contribution >= 4 is 23.2 Å². The highest BCUT2D eigenvalue weighted by Crippen LogP contribution is 2.25. The van der Waals surface area contributed by atoms with Crippen molar-refractivity contribution in [3.8, 4) is 0 Å². The Morgan fingerprint density at radius 3 is 2.71 bits per heavy atom. The number of amides is 1. The first-order valence-electron chi connectivity index (χ1n) is 5.79. The Morgan fingerprint density at radius 2 is 2.12 bits per heavy atom. The number of benzene rings is 1. The van der Waals surface area contributed by atoms with Crippen LogP contribution in [-0.2, 0) is 4.79 Å². The van der Waals surface area contributed by atoms with Crippen molar-refractivity contribution in [3.63, 3.8) is 0 Å². The Balaban J connectivity index is 2.51. The lowest BCUT2D eigenvalue weighted by Gasteiger charge is -2.11. The van der Waals surface area contributed by atoms with Crippen molar-refractivity contribution in [2.24, 2.45) is 0 Å². The maximum atomic E-state index is 11.7. The Hall–Kier alpha value is -1.06. The monoisotopic (exact) mass is 254 g/mol. The van der Waals surface area contributed by atoms with Crippen molar-refractivity contribution in [3.05, 3.63) is 28.8 Å². The fourth-order valence-corrected chi connectivity index (χ4v) is 1.74. The zero-order chi connectivity index (χ0) is 12.8. The van der Waals surface area contributed by atoms with Crippen LogP contribution < -0.4 is 10.6 Å². The molecule has 0 radical (unpaired) electrons. The molecule has 0 atom stereocenters. The standard InChI is InChI=1S/C13H19ClN2O/c1-9(2)15-8-7-12(17)16-13-10(3)5-4-6-11(13)14/h4-6,9,15H,7-8H2,1-3H3,(H,16,17). The van der Waals surface area contributed by atoms with Gasteiger partial charge in [0.25, 0.3) is 0 Å². The average Bonchev–Trinajstić information content (AvgIpc) is 2.23. The van der Waals surface area contributed by atoms with E-state index in [2.05, 4.69) is 24.5 Å². The summed E-state index contributed by atoms with van der Waals surface area (Å²) < 4.78 is 0. The molecule has 0 aliphatic heterocycles. The van der Waals surface area contributed by atoms with Gasteiger partial charge in [0.2, 0.25) is 5.91 Å². The van der Waals surface area contributed by atoms with Crippen LogP contribution in [0.2, 0.25) is 5.02 Å². The third kappa shape index (κ3) is 4.75. The summed E-state index contributed by atoms with van der Waals surface area (Å²) >= 11 is 6.03. The van der Waals surface area contributed by atoms with Crippen LogP contribution >= 0.6 is 11.6 Å². The molecule has 1 amide bonds. The van der Waals surface area contributed by atoms with Crippen LogP contribution in [0.15, 0.2) is 18.2 Å². The molecule has 2 N–H and O–H groups in total. The fraction of sp³-hybridized carbons (Fsp3) is 0.462. The number of aryl methyl sites for hydroxylation is 1. The van der Waals surface area contributed by atoms with E-state index in [1.54, 1.807) is 6.07 Å². The molecule has 1 rings (SSSR count). The highest BCUT2D eigenvalue weighted by atomic mass is 35.5. The predicted octanol–water partition coefficient (Wildman–Crippen LogP) is 2.98. The van der Waals surface area contributed by atoms with Crippen LogP contribution in [0.4, 0.5) is 5.69 Å². The number of hydrogen-bond donors (Lipinski definition) is 2. The topological polar surface area (TPSA) is 41.1 Å². The van der Waals surface area contributed by atoms with Crippen LogP contribution in [0.1, 0.15) is 25.8 Å². The van der Waals surface area contributed by atoms with Gasteiger partial charge in [0, 0.05) is 19.0 Å². The fourth-order valence-electron chi connectivity index (χ4n) is 1.47. The van der Waals surface area contributed by atoms with E-state index in [-0.39, 0.29) is 5.91 Å². The van der Waals surface area contributed by atoms with Crippen molar-refractivity contribution in [2.75, 3.05) is 11.9 Å². The minimum Gasteiger partial charge on any atom is -0.325 e. The Morgan fingerprint density at radius 1 is 1.41 bits per heavy atom. The van der Waals surface area contributed by atoms with E-state index in [9.17, 15) is 4.79 Å². The molecule has 4 heteroatoms. The zero-order valence-electron chi connectivity index (χ0n) is 10.5. The smallest absolute Gasteiger partial charge is 0.225 e. The molecule has 94 valence electrons. The van der Waals surface area contributed by atoms with Gasteiger partial charge < -0.3 is 10.6 Å². The van der Waals surface area contributed by atoms with Crippen LogP contribution in [0.25, 0.3) is 0 Å². The highest BCUT2D eigenvalue weighted by molar-refractivity contribution is 6.33. The molecule has 3 nitrogen and oxygen atoms in total. The summed E-state index contributed by atoms with van der Waals surface area (Å²) in [5, 5.41) is 6.62. The van der Waals surface area contributed by atoms with Gasteiger partial charge in [-0.1, -0.05) is 37.6 Å². The van der Waals surface area contributed by atoms with E-state index < -0.39 is 0 Å². The first-order chi connectivity index (χ1) is 8.00. The molecule has 0 saturated carbocycles. The first-order valence-corrected chi connectivity index (χ1v) is 6.17. The SMILES string of the molecule is Cc1cccc(Cl)c1NC(=O)CCNC(C)C. The number of carbonyl (C=O) groups is 1. The molecule has 0 saturated heterocycles. The van der Waals surface area contributed by atoms with Crippen molar-refractivity contribution in [2.45, 2.75) is 33.2 Å². The first kappa shape index (κ1) is 14.0. The number of carbonyl (C=O) groups excluding carboxylic acids is 1. The molecule has 0 unspecified atom stereocenters. The largest absolute Gasteiger partial charge is 0.325 e. The van der Waals surface area contributed by atoms with Crippen molar-refractivity contribution < 1.29 is 4.79 Å². The van der Waals surface area contributed by atoms with Gasteiger partial charge in [-0.2, -0.15) is 0 Å². The summed E-state index contributed by atoms with van der Waals surface area (Å²) in [5.41, 5.74) is 1.69. The second-order valence-corrected chi connectivity index (χ2v) is 4.75. The third-order valence-corrected chi connectivity index (χ3v) is 2.71. The normalized spacial score (nSPS) is 10.6. The van der Waals surface area contributed by atoms with Gasteiger partial charge >= 0.3 is 0 Å². The van der Waals surface area contributed by atoms with Gasteiger partial charge in [0.05, 0.1) is 10.7 Å². The molecule has 1 aromatic rings. The maximum Gasteiger partial charge on any atom is 0.225 e. The molecular formula is C13H19ClN2O. The van der Waals surface area contributed by atoms with E-state index >= 15 is 0 Å². The Labute approximate surface area is 108 Å². The van der Waals surface area contributed by atoms with Crippen molar-refractivity contribution in [1.82, 2.24) is 5.32 Å². The van der Waals surface area contributed by atoms with Gasteiger partial charge in [-0.15, -0.1) is 0 Å². The summed E-state index contributed by atoms with van der Waals surface area (Å²) in [7, 11) is 0. The lowest BCUT2D eigenvalue weighted by Crippen LogP contribution is -2.27. The summed E-state index contributed by atoms with van der Waals surface area (Å²) in [6.07, 6.45) is 0.447. The van der Waals surface area contributed by atoms with Crippen molar-refractivity contribution in [1.29, 1.82) is 0 Å². The number of anilines is 1. The zero-order valence-corrected chi connectivity index (χ0v) is 11.3. The van der Waals surface area contributed by atoms with Gasteiger partial charge in [0.1, 0.15) is 0 Å². The van der Waals surface area contributed by atoms with Gasteiger partial charge in [-0.25, -0.2) is 0 Å². The van der Waals surface area contributed by atoms with E-state index in [4.69, 9.17) is 11.6 Å². The molecular weight excluding hydrogens is 236 g/mol. The molecule has 0 spiro atoms. The molecule has 17 heavy (non-hydrogen) atoms. The third-order valence-electron chi connectivity index (χ3n) is 2.39. The number of para-hydroxylation sites is 1. The highest BCUT2D eigenvalue weighted by Gasteiger charge is 2.07. The molecule has 0 bridgehead atoms. The summed E-state index contributed by atoms with van der Waals surface area (Å²) in [4.78, 5) is 11.7. The quantitative estimate of drug-likeness (QED) is 0.848. The van der Waals surface area contributed by atoms with Gasteiger partial charge in [-0.3, -0.25) is 4.79 Å². The van der Waals surface area contributed by atoms with E-state index in [0.29, 0.717) is 29.7 Å². The number of hydrogen-bond acceptors (Lipinski definition) is 2. The van der Waals surface area contributed by atoms with Gasteiger partial charge in [0.15, 0.2) is 0 Å². The van der Waals surface area contributed by atoms with E-state index in [1.807, 2.05) is 19.1 Å². The molecule has 1 aromatic carbocycles. The van der Waals surface area contributed by atoms with Crippen LogP contribution in [0, 0.1) is 6.92 Å². The molecule has 0 heterocycles. The maximum absolute atomic E-state index is 11.7. The molecule has 0 aliphatic rings. The summed E-state index contributed by atoms with van der Waals surface area (Å²) in [6, 6.07) is 5.96. The number of nitrogens with one attached hydrogen (secondary N) is 2. The average molecular weight is 255 g/mol. The lowest BCUT2D eigenvalue weighted by atomic mass is 10.2. The number of rotatable bonds is 5. The number of halogens is 1. The molecule has 0 fully saturated rings. The molecule has 0 aliphatic carbocycles. The predicted molar refractivity (Wildman–Crippen MR) is 72.6 cm³/mol. The second-order valence-electron chi connectivity index (χ2n) is 4.34. The minimum absolute atomic E-state index is 0.0191. The summed E-state index contributed by atoms with van der Waals surface area (Å²) in [6.45, 7) is 6.70. The van der Waals surface area contributed by atoms with Crippen LogP contribution in [0.5, 0.6) is 0 Å². The van der Waals surface area contributed by atoms with Crippen LogP contribution in [-0.4, -0.2) is 18.5 Å². The molecule has 0 aromatic heterocycles. The minimum atomic E-state index is -0.0191. The van der Waals surface area contributed by atoms with E-state index in [1.165, 1.54) is 0 Å². The Kier molecular flexibility index (Phi) is 5.45. The lowest BCUT2D eigenvalue weighted by molar-refractivity contribution is -0.116. The second kappa shape index (κ2) is 6.62. The van der Waals surface area contributed by atoms with E-state index in [0.717, 1.165) is 5.56 Å².